The summed E-state index contributed by atoms with van der Waals surface area (Å²) in [6, 6.07) is 10.3. The van der Waals surface area contributed by atoms with Gasteiger partial charge in [0.05, 0.1) is 18.9 Å². The Hall–Kier alpha value is -1.81. The second-order valence-corrected chi connectivity index (χ2v) is 4.61. The van der Waals surface area contributed by atoms with E-state index in [0.29, 0.717) is 6.04 Å². The molecule has 0 radical (unpaired) electrons. The number of nitrogens with zero attached hydrogens (tertiary/aromatic N) is 2. The van der Waals surface area contributed by atoms with Crippen molar-refractivity contribution in [1.82, 2.24) is 15.1 Å². The lowest BCUT2D eigenvalue weighted by Gasteiger charge is -2.09. The lowest BCUT2D eigenvalue weighted by molar-refractivity contribution is 0.465. The van der Waals surface area contributed by atoms with Crippen LogP contribution in [0.4, 0.5) is 0 Å². The van der Waals surface area contributed by atoms with Crippen LogP contribution in [0.15, 0.2) is 42.7 Å². The molecule has 94 valence electrons. The van der Waals surface area contributed by atoms with Gasteiger partial charge in [0.2, 0.25) is 0 Å². The molecule has 2 heterocycles. The molecule has 4 nitrogen and oxygen atoms in total. The van der Waals surface area contributed by atoms with Gasteiger partial charge in [-0.2, -0.15) is 5.10 Å². The summed E-state index contributed by atoms with van der Waals surface area (Å²) in [7, 11) is 0. The molecule has 1 atom stereocenters. The molecule has 1 aliphatic heterocycles. The zero-order chi connectivity index (χ0) is 12.2. The molecule has 0 aliphatic carbocycles. The summed E-state index contributed by atoms with van der Waals surface area (Å²) in [5.74, 6) is 1.63. The van der Waals surface area contributed by atoms with Crippen molar-refractivity contribution >= 4 is 0 Å². The molecule has 2 aromatic rings. The summed E-state index contributed by atoms with van der Waals surface area (Å²) in [5, 5.41) is 7.79. The van der Waals surface area contributed by atoms with Gasteiger partial charge in [-0.05, 0) is 31.5 Å². The number of hydrogen-bond acceptors (Lipinski definition) is 3. The van der Waals surface area contributed by atoms with Crippen molar-refractivity contribution < 1.29 is 4.74 Å². The van der Waals surface area contributed by atoms with E-state index < -0.39 is 0 Å². The molecule has 0 bridgehead atoms. The van der Waals surface area contributed by atoms with E-state index in [-0.39, 0.29) is 0 Å². The molecule has 1 unspecified atom stereocenters. The molecule has 1 saturated heterocycles. The first kappa shape index (κ1) is 11.3. The number of nitrogens with one attached hydrogen (secondary N) is 1. The van der Waals surface area contributed by atoms with Crippen molar-refractivity contribution in [3.8, 4) is 11.5 Å². The van der Waals surface area contributed by atoms with Crippen LogP contribution < -0.4 is 10.1 Å². The zero-order valence-corrected chi connectivity index (χ0v) is 10.2. The Morgan fingerprint density at radius 1 is 1.28 bits per heavy atom. The maximum atomic E-state index is 5.72. The number of hydrogen-bond donors (Lipinski definition) is 1. The lowest BCUT2D eigenvalue weighted by atomic mass is 10.2. The van der Waals surface area contributed by atoms with E-state index in [0.717, 1.165) is 24.6 Å². The topological polar surface area (TPSA) is 39.1 Å². The van der Waals surface area contributed by atoms with E-state index in [1.807, 2.05) is 41.2 Å². The van der Waals surface area contributed by atoms with Crippen LogP contribution in [0.1, 0.15) is 12.8 Å². The molecule has 1 aromatic heterocycles. The standard InChI is InChI=1S/C14H17N3O/c1-2-6-13(7-3-1)18-14-9-16-17(11-14)10-12-5-4-8-15-12/h1-3,6-7,9,11-12,15H,4-5,8,10H2. The molecule has 1 fully saturated rings. The van der Waals surface area contributed by atoms with Gasteiger partial charge >= 0.3 is 0 Å². The predicted molar refractivity (Wildman–Crippen MR) is 69.8 cm³/mol. The normalized spacial score (nSPS) is 19.0. The number of ether oxygens (including phenoxy) is 1. The molecule has 3 rings (SSSR count). The van der Waals surface area contributed by atoms with Crippen molar-refractivity contribution in [2.24, 2.45) is 0 Å². The lowest BCUT2D eigenvalue weighted by Crippen LogP contribution is -2.26. The van der Waals surface area contributed by atoms with Crippen molar-refractivity contribution in [3.05, 3.63) is 42.7 Å². The monoisotopic (exact) mass is 243 g/mol. The second-order valence-electron chi connectivity index (χ2n) is 4.61. The molecule has 0 amide bonds. The van der Waals surface area contributed by atoms with E-state index in [1.165, 1.54) is 12.8 Å². The van der Waals surface area contributed by atoms with Crippen LogP contribution in [0, 0.1) is 0 Å². The van der Waals surface area contributed by atoms with Crippen LogP contribution in [0.5, 0.6) is 11.5 Å². The third-order valence-corrected chi connectivity index (χ3v) is 3.16. The molecular weight excluding hydrogens is 226 g/mol. The Bertz CT molecular complexity index is 489. The third kappa shape index (κ3) is 2.71. The second kappa shape index (κ2) is 5.23. The highest BCUT2D eigenvalue weighted by atomic mass is 16.5. The fraction of sp³-hybridized carbons (Fsp3) is 0.357. The Morgan fingerprint density at radius 3 is 2.94 bits per heavy atom. The van der Waals surface area contributed by atoms with Gasteiger partial charge in [-0.25, -0.2) is 0 Å². The zero-order valence-electron chi connectivity index (χ0n) is 10.2. The Morgan fingerprint density at radius 2 is 2.17 bits per heavy atom. The number of para-hydroxylation sites is 1. The van der Waals surface area contributed by atoms with Crippen molar-refractivity contribution in [1.29, 1.82) is 0 Å². The summed E-state index contributed by atoms with van der Waals surface area (Å²) < 4.78 is 7.67. The van der Waals surface area contributed by atoms with E-state index in [2.05, 4.69) is 10.4 Å². The van der Waals surface area contributed by atoms with E-state index in [9.17, 15) is 0 Å². The van der Waals surface area contributed by atoms with Gasteiger partial charge in [0.25, 0.3) is 0 Å². The largest absolute Gasteiger partial charge is 0.454 e. The van der Waals surface area contributed by atoms with Gasteiger partial charge in [0, 0.05) is 6.04 Å². The SMILES string of the molecule is c1ccc(Oc2cnn(CC3CCCN3)c2)cc1. The fourth-order valence-corrected chi connectivity index (χ4v) is 2.26. The first-order chi connectivity index (χ1) is 8.90. The highest BCUT2D eigenvalue weighted by molar-refractivity contribution is 5.27. The quantitative estimate of drug-likeness (QED) is 0.896. The van der Waals surface area contributed by atoms with Crippen LogP contribution in [-0.4, -0.2) is 22.4 Å². The average molecular weight is 243 g/mol. The minimum Gasteiger partial charge on any atom is -0.454 e. The number of aromatic nitrogens is 2. The van der Waals surface area contributed by atoms with Crippen LogP contribution in [0.3, 0.4) is 0 Å². The van der Waals surface area contributed by atoms with Crippen molar-refractivity contribution in [2.75, 3.05) is 6.54 Å². The summed E-state index contributed by atoms with van der Waals surface area (Å²) in [6.07, 6.45) is 6.21. The van der Waals surface area contributed by atoms with Gasteiger partial charge in [-0.15, -0.1) is 0 Å². The molecule has 1 aromatic carbocycles. The van der Waals surface area contributed by atoms with Crippen molar-refractivity contribution in [2.45, 2.75) is 25.4 Å². The van der Waals surface area contributed by atoms with Gasteiger partial charge in [-0.3, -0.25) is 4.68 Å². The maximum Gasteiger partial charge on any atom is 0.165 e. The van der Waals surface area contributed by atoms with Gasteiger partial charge in [-0.1, -0.05) is 18.2 Å². The number of benzene rings is 1. The van der Waals surface area contributed by atoms with E-state index >= 15 is 0 Å². The van der Waals surface area contributed by atoms with E-state index in [4.69, 9.17) is 4.74 Å². The maximum absolute atomic E-state index is 5.72. The molecule has 0 saturated carbocycles. The average Bonchev–Trinajstić information content (AvgIpc) is 3.03. The molecule has 0 spiro atoms. The molecule has 18 heavy (non-hydrogen) atoms. The van der Waals surface area contributed by atoms with Gasteiger partial charge in [0.15, 0.2) is 5.75 Å². The minimum atomic E-state index is 0.550. The minimum absolute atomic E-state index is 0.550. The highest BCUT2D eigenvalue weighted by Gasteiger charge is 2.14. The Labute approximate surface area is 107 Å². The summed E-state index contributed by atoms with van der Waals surface area (Å²) in [4.78, 5) is 0. The highest BCUT2D eigenvalue weighted by Crippen LogP contribution is 2.20. The first-order valence-corrected chi connectivity index (χ1v) is 6.39. The van der Waals surface area contributed by atoms with Gasteiger partial charge < -0.3 is 10.1 Å². The summed E-state index contributed by atoms with van der Waals surface area (Å²) in [5.41, 5.74) is 0. The molecule has 4 heteroatoms. The Balaban J connectivity index is 1.62. The Kier molecular flexibility index (Phi) is 3.28. The van der Waals surface area contributed by atoms with Crippen LogP contribution in [0.2, 0.25) is 0 Å². The summed E-state index contributed by atoms with van der Waals surface area (Å²) in [6.45, 7) is 2.04. The van der Waals surface area contributed by atoms with E-state index in [1.54, 1.807) is 6.20 Å². The molecule has 1 N–H and O–H groups in total. The van der Waals surface area contributed by atoms with Gasteiger partial charge in [0.1, 0.15) is 5.75 Å². The first-order valence-electron chi connectivity index (χ1n) is 6.39. The van der Waals surface area contributed by atoms with Crippen molar-refractivity contribution in [3.63, 3.8) is 0 Å². The molecular formula is C14H17N3O. The number of rotatable bonds is 4. The summed E-state index contributed by atoms with van der Waals surface area (Å²) >= 11 is 0. The smallest absolute Gasteiger partial charge is 0.165 e. The third-order valence-electron chi connectivity index (χ3n) is 3.16. The predicted octanol–water partition coefficient (Wildman–Crippen LogP) is 2.43. The molecule has 1 aliphatic rings. The van der Waals surface area contributed by atoms with Crippen LogP contribution >= 0.6 is 0 Å². The van der Waals surface area contributed by atoms with Crippen LogP contribution in [0.25, 0.3) is 0 Å². The van der Waals surface area contributed by atoms with Crippen LogP contribution in [-0.2, 0) is 6.54 Å². The fourth-order valence-electron chi connectivity index (χ4n) is 2.26.